The number of carbonyl (C=O) groups excluding carboxylic acids is 1. The van der Waals surface area contributed by atoms with Gasteiger partial charge in [0, 0.05) is 25.9 Å². The van der Waals surface area contributed by atoms with E-state index in [1.807, 2.05) is 0 Å². The third-order valence-electron chi connectivity index (χ3n) is 3.81. The van der Waals surface area contributed by atoms with Gasteiger partial charge in [-0.2, -0.15) is 0 Å². The van der Waals surface area contributed by atoms with Crippen LogP contribution in [0.25, 0.3) is 0 Å². The molecule has 0 aromatic rings. The highest BCUT2D eigenvalue weighted by Crippen LogP contribution is 2.10. The predicted octanol–water partition coefficient (Wildman–Crippen LogP) is 1.53. The van der Waals surface area contributed by atoms with Gasteiger partial charge < -0.3 is 9.80 Å². The van der Waals surface area contributed by atoms with Crippen molar-refractivity contribution in [2.24, 2.45) is 0 Å². The molecule has 0 radical (unpaired) electrons. The fraction of sp³-hybridized carbons (Fsp3) is 0.923. The smallest absolute Gasteiger partial charge is 0.135 e. The lowest BCUT2D eigenvalue weighted by atomic mass is 10.2. The van der Waals surface area contributed by atoms with Crippen LogP contribution >= 0.6 is 0 Å². The van der Waals surface area contributed by atoms with Gasteiger partial charge in [0.25, 0.3) is 0 Å². The van der Waals surface area contributed by atoms with Crippen molar-refractivity contribution in [2.75, 3.05) is 39.3 Å². The monoisotopic (exact) mass is 224 g/mol. The summed E-state index contributed by atoms with van der Waals surface area (Å²) >= 11 is 0. The van der Waals surface area contributed by atoms with Crippen molar-refractivity contribution in [3.8, 4) is 0 Å². The molecule has 3 heteroatoms. The summed E-state index contributed by atoms with van der Waals surface area (Å²) in [4.78, 5) is 16.6. The molecule has 0 amide bonds. The molecule has 2 aliphatic heterocycles. The molecule has 0 saturated carbocycles. The average Bonchev–Trinajstić information content (AvgIpc) is 2.96. The van der Waals surface area contributed by atoms with Crippen molar-refractivity contribution in [2.45, 2.75) is 38.5 Å². The summed E-state index contributed by atoms with van der Waals surface area (Å²) in [6.07, 6.45) is 6.83. The molecule has 2 aliphatic rings. The van der Waals surface area contributed by atoms with Crippen LogP contribution in [0, 0.1) is 0 Å². The zero-order valence-corrected chi connectivity index (χ0v) is 10.3. The molecule has 0 atom stereocenters. The zero-order chi connectivity index (χ0) is 11.2. The SMILES string of the molecule is O=C(CCN1CCCC1)CCN1CCCC1. The highest BCUT2D eigenvalue weighted by molar-refractivity contribution is 5.78. The molecule has 16 heavy (non-hydrogen) atoms. The van der Waals surface area contributed by atoms with E-state index in [2.05, 4.69) is 9.80 Å². The first-order valence-corrected chi connectivity index (χ1v) is 6.81. The number of hydrogen-bond donors (Lipinski definition) is 0. The number of likely N-dealkylation sites (tertiary alicyclic amines) is 2. The number of hydrogen-bond acceptors (Lipinski definition) is 3. The standard InChI is InChI=1S/C13H24N2O/c16-13(5-11-14-7-1-2-8-14)6-12-15-9-3-4-10-15/h1-12H2. The molecular weight excluding hydrogens is 200 g/mol. The van der Waals surface area contributed by atoms with Crippen LogP contribution in [-0.4, -0.2) is 54.9 Å². The van der Waals surface area contributed by atoms with E-state index in [0.717, 1.165) is 25.9 Å². The van der Waals surface area contributed by atoms with Gasteiger partial charge in [-0.1, -0.05) is 0 Å². The summed E-state index contributed by atoms with van der Waals surface area (Å²) in [6.45, 7) is 6.83. The number of carbonyl (C=O) groups is 1. The Kier molecular flexibility index (Phi) is 4.79. The fourth-order valence-electron chi connectivity index (χ4n) is 2.70. The van der Waals surface area contributed by atoms with Gasteiger partial charge in [0.15, 0.2) is 0 Å². The second-order valence-corrected chi connectivity index (χ2v) is 5.14. The van der Waals surface area contributed by atoms with E-state index in [9.17, 15) is 4.79 Å². The summed E-state index contributed by atoms with van der Waals surface area (Å²) < 4.78 is 0. The average molecular weight is 224 g/mol. The van der Waals surface area contributed by atoms with Gasteiger partial charge in [0.1, 0.15) is 5.78 Å². The Morgan fingerprint density at radius 2 is 1.12 bits per heavy atom. The van der Waals surface area contributed by atoms with Gasteiger partial charge >= 0.3 is 0 Å². The second kappa shape index (κ2) is 6.36. The third-order valence-corrected chi connectivity index (χ3v) is 3.81. The van der Waals surface area contributed by atoms with Crippen molar-refractivity contribution in [3.05, 3.63) is 0 Å². The second-order valence-electron chi connectivity index (χ2n) is 5.14. The lowest BCUT2D eigenvalue weighted by Gasteiger charge is -2.15. The predicted molar refractivity (Wildman–Crippen MR) is 65.6 cm³/mol. The van der Waals surface area contributed by atoms with E-state index in [1.54, 1.807) is 0 Å². The highest BCUT2D eigenvalue weighted by atomic mass is 16.1. The van der Waals surface area contributed by atoms with Gasteiger partial charge in [0.05, 0.1) is 0 Å². The van der Waals surface area contributed by atoms with E-state index in [1.165, 1.54) is 51.9 Å². The Morgan fingerprint density at radius 3 is 1.50 bits per heavy atom. The molecule has 2 heterocycles. The summed E-state index contributed by atoms with van der Waals surface area (Å²) in [5.41, 5.74) is 0. The maximum atomic E-state index is 11.7. The van der Waals surface area contributed by atoms with E-state index in [4.69, 9.17) is 0 Å². The quantitative estimate of drug-likeness (QED) is 0.683. The van der Waals surface area contributed by atoms with E-state index in [0.29, 0.717) is 5.78 Å². The fourth-order valence-corrected chi connectivity index (χ4v) is 2.70. The molecule has 2 saturated heterocycles. The molecule has 2 fully saturated rings. The normalized spacial score (nSPS) is 23.0. The molecule has 92 valence electrons. The molecule has 0 spiro atoms. The summed E-state index contributed by atoms with van der Waals surface area (Å²) in [6, 6.07) is 0. The van der Waals surface area contributed by atoms with Crippen LogP contribution in [0.1, 0.15) is 38.5 Å². The Balaban J connectivity index is 1.53. The van der Waals surface area contributed by atoms with Crippen LogP contribution in [0.3, 0.4) is 0 Å². The minimum Gasteiger partial charge on any atom is -0.303 e. The van der Waals surface area contributed by atoms with Gasteiger partial charge in [0.2, 0.25) is 0 Å². The molecule has 0 aromatic carbocycles. The van der Waals surface area contributed by atoms with E-state index >= 15 is 0 Å². The molecular formula is C13H24N2O. The molecule has 0 aliphatic carbocycles. The van der Waals surface area contributed by atoms with Crippen LogP contribution in [0.15, 0.2) is 0 Å². The third kappa shape index (κ3) is 3.87. The molecule has 3 nitrogen and oxygen atoms in total. The number of ketones is 1. The van der Waals surface area contributed by atoms with Crippen molar-refractivity contribution in [1.29, 1.82) is 0 Å². The van der Waals surface area contributed by atoms with Crippen LogP contribution in [0.4, 0.5) is 0 Å². The summed E-state index contributed by atoms with van der Waals surface area (Å²) in [5.74, 6) is 0.457. The zero-order valence-electron chi connectivity index (χ0n) is 10.3. The lowest BCUT2D eigenvalue weighted by Crippen LogP contribution is -2.25. The van der Waals surface area contributed by atoms with E-state index in [-0.39, 0.29) is 0 Å². The minimum atomic E-state index is 0.457. The van der Waals surface area contributed by atoms with Crippen LogP contribution < -0.4 is 0 Å². The Morgan fingerprint density at radius 1 is 0.750 bits per heavy atom. The van der Waals surface area contributed by atoms with Crippen molar-refractivity contribution in [1.82, 2.24) is 9.80 Å². The lowest BCUT2D eigenvalue weighted by molar-refractivity contribution is -0.119. The van der Waals surface area contributed by atoms with Gasteiger partial charge in [-0.3, -0.25) is 4.79 Å². The van der Waals surface area contributed by atoms with Crippen LogP contribution in [0.2, 0.25) is 0 Å². The first-order valence-electron chi connectivity index (χ1n) is 6.81. The van der Waals surface area contributed by atoms with Crippen LogP contribution in [-0.2, 0) is 4.79 Å². The first-order chi connectivity index (χ1) is 7.84. The maximum absolute atomic E-state index is 11.7. The van der Waals surface area contributed by atoms with Gasteiger partial charge in [-0.15, -0.1) is 0 Å². The maximum Gasteiger partial charge on any atom is 0.135 e. The van der Waals surface area contributed by atoms with Crippen molar-refractivity contribution in [3.63, 3.8) is 0 Å². The van der Waals surface area contributed by atoms with Crippen molar-refractivity contribution >= 4 is 5.78 Å². The highest BCUT2D eigenvalue weighted by Gasteiger charge is 2.15. The molecule has 0 N–H and O–H groups in total. The largest absolute Gasteiger partial charge is 0.303 e. The first kappa shape index (κ1) is 12.1. The summed E-state index contributed by atoms with van der Waals surface area (Å²) in [7, 11) is 0. The van der Waals surface area contributed by atoms with Gasteiger partial charge in [-0.05, 0) is 51.9 Å². The topological polar surface area (TPSA) is 23.6 Å². The number of Topliss-reactive ketones (excluding diaryl/α,β-unsaturated/α-hetero) is 1. The Hall–Kier alpha value is -0.410. The molecule has 0 aromatic heterocycles. The van der Waals surface area contributed by atoms with Crippen molar-refractivity contribution < 1.29 is 4.79 Å². The van der Waals surface area contributed by atoms with Gasteiger partial charge in [-0.25, -0.2) is 0 Å². The molecule has 2 rings (SSSR count). The summed E-state index contributed by atoms with van der Waals surface area (Å²) in [5, 5.41) is 0. The number of nitrogens with zero attached hydrogens (tertiary/aromatic N) is 2. The Bertz CT molecular complexity index is 196. The molecule has 0 bridgehead atoms. The van der Waals surface area contributed by atoms with E-state index < -0.39 is 0 Å². The van der Waals surface area contributed by atoms with Crippen LogP contribution in [0.5, 0.6) is 0 Å². The minimum absolute atomic E-state index is 0.457. The molecule has 0 unspecified atom stereocenters. The Labute approximate surface area is 98.8 Å². The number of rotatable bonds is 6.